The Morgan fingerprint density at radius 1 is 0.794 bits per heavy atom. The summed E-state index contributed by atoms with van der Waals surface area (Å²) in [5.74, 6) is 1.81. The van der Waals surface area contributed by atoms with Crippen molar-refractivity contribution in [2.45, 2.75) is 6.18 Å². The van der Waals surface area contributed by atoms with Gasteiger partial charge in [0, 0.05) is 37.9 Å². The Hall–Kier alpha value is -3.88. The molecule has 1 heterocycles. The van der Waals surface area contributed by atoms with Gasteiger partial charge >= 0.3 is 12.3 Å². The zero-order valence-corrected chi connectivity index (χ0v) is 18.4. The number of halogens is 3. The third kappa shape index (κ3) is 5.72. The van der Waals surface area contributed by atoms with Crippen LogP contribution in [0.15, 0.2) is 72.8 Å². The summed E-state index contributed by atoms with van der Waals surface area (Å²) in [5.41, 5.74) is 0.294. The normalized spacial score (nSPS) is 14.0. The molecule has 6 nitrogen and oxygen atoms in total. The van der Waals surface area contributed by atoms with Gasteiger partial charge in [-0.15, -0.1) is 0 Å². The molecule has 0 bridgehead atoms. The van der Waals surface area contributed by atoms with Crippen LogP contribution in [0.2, 0.25) is 0 Å². The molecule has 0 saturated carbocycles. The molecule has 1 saturated heterocycles. The van der Waals surface area contributed by atoms with Crippen LogP contribution in [-0.4, -0.2) is 44.3 Å². The van der Waals surface area contributed by atoms with Gasteiger partial charge in [-0.3, -0.25) is 0 Å². The smallest absolute Gasteiger partial charge is 0.416 e. The highest BCUT2D eigenvalue weighted by atomic mass is 19.4. The van der Waals surface area contributed by atoms with Crippen LogP contribution >= 0.6 is 0 Å². The summed E-state index contributed by atoms with van der Waals surface area (Å²) in [6.07, 6.45) is -4.84. The van der Waals surface area contributed by atoms with Crippen molar-refractivity contribution in [3.63, 3.8) is 0 Å². The molecule has 1 fully saturated rings. The number of alkyl halides is 3. The first-order valence-corrected chi connectivity index (χ1v) is 10.6. The Morgan fingerprint density at radius 2 is 1.38 bits per heavy atom. The van der Waals surface area contributed by atoms with Gasteiger partial charge in [-0.1, -0.05) is 6.07 Å². The number of rotatable bonds is 5. The van der Waals surface area contributed by atoms with E-state index in [1.807, 2.05) is 24.3 Å². The zero-order chi connectivity index (χ0) is 24.1. The van der Waals surface area contributed by atoms with E-state index in [0.29, 0.717) is 37.7 Å². The summed E-state index contributed by atoms with van der Waals surface area (Å²) in [4.78, 5) is 16.4. The van der Waals surface area contributed by atoms with Crippen molar-refractivity contribution in [2.75, 3.05) is 38.2 Å². The number of carbonyl (C=O) groups is 1. The molecular formula is C25H23F3N2O4. The molecule has 3 aromatic rings. The molecule has 0 spiro atoms. The van der Waals surface area contributed by atoms with Crippen LogP contribution in [0.4, 0.5) is 23.7 Å². The Bertz CT molecular complexity index is 1110. The van der Waals surface area contributed by atoms with Crippen molar-refractivity contribution < 1.29 is 32.2 Å². The number of benzene rings is 3. The Morgan fingerprint density at radius 3 is 1.97 bits per heavy atom. The van der Waals surface area contributed by atoms with Crippen molar-refractivity contribution in [1.29, 1.82) is 0 Å². The van der Waals surface area contributed by atoms with Crippen LogP contribution in [0.25, 0.3) is 0 Å². The molecule has 1 aliphatic heterocycles. The van der Waals surface area contributed by atoms with Gasteiger partial charge in [0.1, 0.15) is 23.0 Å². The average Bonchev–Trinajstić information content (AvgIpc) is 2.85. The number of methoxy groups -OCH3 is 1. The molecule has 0 radical (unpaired) electrons. The second-order valence-corrected chi connectivity index (χ2v) is 7.64. The maximum atomic E-state index is 12.7. The standard InChI is InChI=1S/C25H23F3N2O4/c1-32-23-4-2-3-19(17-23)29-13-15-30(16-14-29)24(31)34-22-11-9-21(10-12-22)33-20-7-5-18(6-8-20)25(26,27)28/h2-12,17H,13-16H2,1H3. The van der Waals surface area contributed by atoms with Gasteiger partial charge < -0.3 is 24.0 Å². The lowest BCUT2D eigenvalue weighted by atomic mass is 10.2. The summed E-state index contributed by atoms with van der Waals surface area (Å²) in [5, 5.41) is 0. The van der Waals surface area contributed by atoms with Crippen LogP contribution in [-0.2, 0) is 6.18 Å². The number of piperazine rings is 1. The number of hydrogen-bond donors (Lipinski definition) is 0. The fourth-order valence-electron chi connectivity index (χ4n) is 3.54. The predicted molar refractivity (Wildman–Crippen MR) is 121 cm³/mol. The lowest BCUT2D eigenvalue weighted by molar-refractivity contribution is -0.137. The van der Waals surface area contributed by atoms with Crippen molar-refractivity contribution in [3.8, 4) is 23.0 Å². The summed E-state index contributed by atoms with van der Waals surface area (Å²) < 4.78 is 54.3. The molecule has 178 valence electrons. The fraction of sp³-hybridized carbons (Fsp3) is 0.240. The van der Waals surface area contributed by atoms with E-state index in [1.165, 1.54) is 12.1 Å². The molecule has 1 amide bonds. The molecule has 3 aromatic carbocycles. The Kier molecular flexibility index (Phi) is 6.81. The van der Waals surface area contributed by atoms with E-state index in [2.05, 4.69) is 4.90 Å². The van der Waals surface area contributed by atoms with E-state index in [-0.39, 0.29) is 5.75 Å². The zero-order valence-electron chi connectivity index (χ0n) is 18.4. The molecule has 4 rings (SSSR count). The predicted octanol–water partition coefficient (Wildman–Crippen LogP) is 5.83. The van der Waals surface area contributed by atoms with Crippen molar-refractivity contribution in [3.05, 3.63) is 78.4 Å². The van der Waals surface area contributed by atoms with Crippen molar-refractivity contribution in [1.82, 2.24) is 4.90 Å². The maximum absolute atomic E-state index is 12.7. The molecule has 0 atom stereocenters. The fourth-order valence-corrected chi connectivity index (χ4v) is 3.54. The van der Waals surface area contributed by atoms with Gasteiger partial charge in [-0.05, 0) is 60.7 Å². The van der Waals surface area contributed by atoms with Gasteiger partial charge in [-0.2, -0.15) is 13.2 Å². The van der Waals surface area contributed by atoms with E-state index in [4.69, 9.17) is 14.2 Å². The van der Waals surface area contributed by atoms with Crippen LogP contribution < -0.4 is 19.1 Å². The summed E-state index contributed by atoms with van der Waals surface area (Å²) in [7, 11) is 1.63. The van der Waals surface area contributed by atoms with Gasteiger partial charge in [0.15, 0.2) is 0 Å². The minimum Gasteiger partial charge on any atom is -0.497 e. The molecule has 9 heteroatoms. The molecular weight excluding hydrogens is 449 g/mol. The summed E-state index contributed by atoms with van der Waals surface area (Å²) in [6.45, 7) is 2.38. The Labute approximate surface area is 195 Å². The van der Waals surface area contributed by atoms with Gasteiger partial charge in [0.25, 0.3) is 0 Å². The van der Waals surface area contributed by atoms with Crippen LogP contribution in [0, 0.1) is 0 Å². The number of anilines is 1. The second-order valence-electron chi connectivity index (χ2n) is 7.64. The van der Waals surface area contributed by atoms with Crippen molar-refractivity contribution in [2.24, 2.45) is 0 Å². The Balaban J connectivity index is 1.28. The monoisotopic (exact) mass is 472 g/mol. The lowest BCUT2D eigenvalue weighted by Gasteiger charge is -2.35. The minimum atomic E-state index is -4.40. The largest absolute Gasteiger partial charge is 0.497 e. The van der Waals surface area contributed by atoms with Crippen molar-refractivity contribution >= 4 is 11.8 Å². The number of carbonyl (C=O) groups excluding carboxylic acids is 1. The van der Waals surface area contributed by atoms with E-state index >= 15 is 0 Å². The number of nitrogens with zero attached hydrogens (tertiary/aromatic N) is 2. The van der Waals surface area contributed by atoms with E-state index in [0.717, 1.165) is 23.6 Å². The summed E-state index contributed by atoms with van der Waals surface area (Å²) >= 11 is 0. The van der Waals surface area contributed by atoms with Gasteiger partial charge in [0.05, 0.1) is 12.7 Å². The van der Waals surface area contributed by atoms with Crippen LogP contribution in [0.1, 0.15) is 5.56 Å². The highest BCUT2D eigenvalue weighted by molar-refractivity contribution is 5.71. The van der Waals surface area contributed by atoms with E-state index < -0.39 is 17.8 Å². The number of ether oxygens (including phenoxy) is 3. The quantitative estimate of drug-likeness (QED) is 0.468. The molecule has 1 aliphatic rings. The SMILES string of the molecule is COc1cccc(N2CCN(C(=O)Oc3ccc(Oc4ccc(C(F)(F)F)cc4)cc3)CC2)c1. The van der Waals surface area contributed by atoms with Crippen LogP contribution in [0.5, 0.6) is 23.0 Å². The van der Waals surface area contributed by atoms with Crippen LogP contribution in [0.3, 0.4) is 0 Å². The third-order valence-corrected chi connectivity index (χ3v) is 5.40. The first-order chi connectivity index (χ1) is 16.3. The topological polar surface area (TPSA) is 51.2 Å². The first kappa shape index (κ1) is 23.3. The van der Waals surface area contributed by atoms with Gasteiger partial charge in [-0.25, -0.2) is 4.79 Å². The highest BCUT2D eigenvalue weighted by Crippen LogP contribution is 2.31. The highest BCUT2D eigenvalue weighted by Gasteiger charge is 2.30. The summed E-state index contributed by atoms with van der Waals surface area (Å²) in [6, 6.07) is 18.5. The molecule has 34 heavy (non-hydrogen) atoms. The van der Waals surface area contributed by atoms with E-state index in [9.17, 15) is 18.0 Å². The van der Waals surface area contributed by atoms with E-state index in [1.54, 1.807) is 36.3 Å². The number of hydrogen-bond acceptors (Lipinski definition) is 5. The minimum absolute atomic E-state index is 0.270. The average molecular weight is 472 g/mol. The number of amides is 1. The maximum Gasteiger partial charge on any atom is 0.416 e. The molecule has 0 N–H and O–H groups in total. The third-order valence-electron chi connectivity index (χ3n) is 5.40. The molecule has 0 aromatic heterocycles. The lowest BCUT2D eigenvalue weighted by Crippen LogP contribution is -2.49. The first-order valence-electron chi connectivity index (χ1n) is 10.6. The van der Waals surface area contributed by atoms with Gasteiger partial charge in [0.2, 0.25) is 0 Å². The second kappa shape index (κ2) is 9.94. The molecule has 0 aliphatic carbocycles. The molecule has 0 unspecified atom stereocenters.